The van der Waals surface area contributed by atoms with Crippen molar-refractivity contribution in [1.82, 2.24) is 10.2 Å². The summed E-state index contributed by atoms with van der Waals surface area (Å²) in [5.74, 6) is 1.08. The molecule has 5 aliphatic carbocycles. The second-order valence-electron chi connectivity index (χ2n) is 11.8. The maximum atomic E-state index is 13.9. The quantitative estimate of drug-likeness (QED) is 0.694. The largest absolute Gasteiger partial charge is 0.444 e. The van der Waals surface area contributed by atoms with Crippen molar-refractivity contribution in [1.29, 1.82) is 0 Å². The molecule has 0 radical (unpaired) electrons. The second-order valence-corrected chi connectivity index (χ2v) is 11.8. The number of nitrogens with zero attached hydrogens (tertiary/aromatic N) is 2. The molecule has 4 bridgehead atoms. The first kappa shape index (κ1) is 20.1. The van der Waals surface area contributed by atoms with Gasteiger partial charge in [-0.1, -0.05) is 0 Å². The van der Waals surface area contributed by atoms with E-state index in [9.17, 15) is 14.7 Å². The van der Waals surface area contributed by atoms with Crippen LogP contribution >= 0.6 is 0 Å². The van der Waals surface area contributed by atoms with Gasteiger partial charge in [0.05, 0.1) is 5.60 Å². The van der Waals surface area contributed by atoms with Crippen LogP contribution in [0.1, 0.15) is 72.1 Å². The number of hydrogen-bond acceptors (Lipinski definition) is 4. The van der Waals surface area contributed by atoms with Crippen molar-refractivity contribution in [3.05, 3.63) is 11.4 Å². The number of amides is 2. The van der Waals surface area contributed by atoms with Crippen LogP contribution in [0.4, 0.5) is 4.79 Å². The lowest BCUT2D eigenvalue weighted by molar-refractivity contribution is -0.180. The molecule has 6 atom stereocenters. The van der Waals surface area contributed by atoms with Gasteiger partial charge in [0.15, 0.2) is 0 Å². The van der Waals surface area contributed by atoms with Gasteiger partial charge in [0.2, 0.25) is 0 Å². The number of rotatable bonds is 3. The molecule has 0 aromatic heterocycles. The molecular formula is C23H33N3O4. The highest BCUT2D eigenvalue weighted by molar-refractivity contribution is 5.88. The van der Waals surface area contributed by atoms with Crippen molar-refractivity contribution in [2.45, 2.75) is 102 Å². The lowest BCUT2D eigenvalue weighted by Crippen LogP contribution is -2.66. The Balaban J connectivity index is 1.47. The van der Waals surface area contributed by atoms with Crippen molar-refractivity contribution in [3.8, 4) is 0 Å². The van der Waals surface area contributed by atoms with Gasteiger partial charge in [-0.3, -0.25) is 14.5 Å². The predicted molar refractivity (Wildman–Crippen MR) is 109 cm³/mol. The zero-order chi connectivity index (χ0) is 21.5. The fraction of sp³-hybridized carbons (Fsp3) is 0.870. The minimum Gasteiger partial charge on any atom is -0.444 e. The second kappa shape index (κ2) is 6.35. The van der Waals surface area contributed by atoms with Gasteiger partial charge in [-0.15, -0.1) is 0 Å². The SMILES string of the molecule is [C-]#[N+][C@@H]1C[C@@H]2CC2N1C(=O)[C@@H](NC(=O)OC(C)(C)C)C12CC3CC(CC(O)(C3)C1)C2. The summed E-state index contributed by atoms with van der Waals surface area (Å²) >= 11 is 0. The van der Waals surface area contributed by atoms with Crippen LogP contribution in [0, 0.1) is 29.7 Å². The summed E-state index contributed by atoms with van der Waals surface area (Å²) in [6.45, 7) is 13.0. The molecule has 5 saturated carbocycles. The Hall–Kier alpha value is -1.81. The molecule has 30 heavy (non-hydrogen) atoms. The number of hydrogen-bond donors (Lipinski definition) is 2. The van der Waals surface area contributed by atoms with Crippen LogP contribution in [-0.4, -0.2) is 51.5 Å². The van der Waals surface area contributed by atoms with E-state index in [1.54, 1.807) is 25.7 Å². The molecule has 6 rings (SSSR count). The van der Waals surface area contributed by atoms with Gasteiger partial charge >= 0.3 is 12.3 Å². The van der Waals surface area contributed by atoms with Gasteiger partial charge in [0, 0.05) is 17.9 Å². The first-order chi connectivity index (χ1) is 14.0. The van der Waals surface area contributed by atoms with E-state index in [2.05, 4.69) is 10.2 Å². The number of carbonyl (C=O) groups excluding carboxylic acids is 2. The third kappa shape index (κ3) is 3.28. The first-order valence-electron chi connectivity index (χ1n) is 11.4. The molecule has 0 aromatic carbocycles. The molecule has 0 aromatic rings. The normalized spacial score (nSPS) is 44.2. The summed E-state index contributed by atoms with van der Waals surface area (Å²) in [5.41, 5.74) is -1.84. The molecule has 7 nitrogen and oxygen atoms in total. The van der Waals surface area contributed by atoms with E-state index in [1.807, 2.05) is 0 Å². The van der Waals surface area contributed by atoms with Crippen molar-refractivity contribution in [3.63, 3.8) is 0 Å². The van der Waals surface area contributed by atoms with Gasteiger partial charge < -0.3 is 15.2 Å². The summed E-state index contributed by atoms with van der Waals surface area (Å²) < 4.78 is 5.52. The molecule has 164 valence electrons. The van der Waals surface area contributed by atoms with E-state index in [4.69, 9.17) is 11.3 Å². The van der Waals surface area contributed by atoms with Crippen LogP contribution in [0.15, 0.2) is 0 Å². The Morgan fingerprint density at radius 1 is 1.17 bits per heavy atom. The number of ether oxygens (including phenoxy) is 1. The molecule has 7 heteroatoms. The Morgan fingerprint density at radius 2 is 1.83 bits per heavy atom. The number of likely N-dealkylation sites (tertiary alicyclic amines) is 1. The minimum atomic E-state index is -0.742. The molecule has 1 heterocycles. The Bertz CT molecular complexity index is 798. The van der Waals surface area contributed by atoms with Crippen LogP contribution in [0.5, 0.6) is 0 Å². The van der Waals surface area contributed by atoms with Gasteiger partial charge in [-0.2, -0.15) is 0 Å². The van der Waals surface area contributed by atoms with Crippen LogP contribution < -0.4 is 5.32 Å². The molecule has 0 spiro atoms. The molecule has 2 N–H and O–H groups in total. The zero-order valence-corrected chi connectivity index (χ0v) is 18.2. The average molecular weight is 416 g/mol. The number of piperidine rings is 1. The molecule has 2 amide bonds. The minimum absolute atomic E-state index is 0.136. The standard InChI is InChI=1S/C23H33N3O4/c1-21(2,3)30-20(28)25-18(19(27)26-16-6-15(16)7-17(26)24-4)22-8-13-5-14(9-22)11-23(29,10-13)12-22/h13-18,29H,5-12H2,1-3H3,(H,25,28)/t13?,14?,15-,16?,17-,18+,22?,23?/m0/s1. The maximum absolute atomic E-state index is 13.9. The first-order valence-corrected chi connectivity index (χ1v) is 11.4. The summed E-state index contributed by atoms with van der Waals surface area (Å²) in [5, 5.41) is 14.2. The summed E-state index contributed by atoms with van der Waals surface area (Å²) in [7, 11) is 0. The Labute approximate surface area is 178 Å². The Kier molecular flexibility index (Phi) is 4.26. The summed E-state index contributed by atoms with van der Waals surface area (Å²) in [6.07, 6.45) is 5.64. The maximum Gasteiger partial charge on any atom is 0.408 e. The number of alkyl carbamates (subject to hydrolysis) is 1. The van der Waals surface area contributed by atoms with E-state index < -0.39 is 34.9 Å². The highest BCUT2D eigenvalue weighted by atomic mass is 16.6. The number of fused-ring (bicyclic) bond motifs is 1. The Morgan fingerprint density at radius 3 is 2.40 bits per heavy atom. The van der Waals surface area contributed by atoms with Gasteiger partial charge in [0.25, 0.3) is 5.91 Å². The number of carbonyl (C=O) groups is 2. The van der Waals surface area contributed by atoms with E-state index in [0.29, 0.717) is 24.2 Å². The molecule has 6 fully saturated rings. The summed E-state index contributed by atoms with van der Waals surface area (Å²) in [6, 6.07) is -0.607. The topological polar surface area (TPSA) is 83.2 Å². The monoisotopic (exact) mass is 415 g/mol. The van der Waals surface area contributed by atoms with Crippen LogP contribution in [-0.2, 0) is 9.53 Å². The fourth-order valence-electron chi connectivity index (χ4n) is 7.53. The lowest BCUT2D eigenvalue weighted by Gasteiger charge is -2.62. The zero-order valence-electron chi connectivity index (χ0n) is 18.2. The number of nitrogens with one attached hydrogen (secondary N) is 1. The van der Waals surface area contributed by atoms with Gasteiger partial charge in [-0.05, 0) is 83.5 Å². The van der Waals surface area contributed by atoms with Crippen LogP contribution in [0.2, 0.25) is 0 Å². The van der Waals surface area contributed by atoms with Gasteiger partial charge in [-0.25, -0.2) is 11.4 Å². The van der Waals surface area contributed by atoms with Crippen molar-refractivity contribution >= 4 is 12.0 Å². The van der Waals surface area contributed by atoms with Crippen molar-refractivity contribution in [2.75, 3.05) is 0 Å². The molecule has 3 unspecified atom stereocenters. The lowest BCUT2D eigenvalue weighted by atomic mass is 9.46. The highest BCUT2D eigenvalue weighted by Gasteiger charge is 2.65. The van der Waals surface area contributed by atoms with E-state index >= 15 is 0 Å². The smallest absolute Gasteiger partial charge is 0.408 e. The van der Waals surface area contributed by atoms with Crippen molar-refractivity contribution < 1.29 is 19.4 Å². The molecule has 1 saturated heterocycles. The predicted octanol–water partition coefficient (Wildman–Crippen LogP) is 3.08. The van der Waals surface area contributed by atoms with E-state index in [0.717, 1.165) is 44.9 Å². The fourth-order valence-corrected chi connectivity index (χ4v) is 7.53. The summed E-state index contributed by atoms with van der Waals surface area (Å²) in [4.78, 5) is 32.1. The van der Waals surface area contributed by atoms with E-state index in [-0.39, 0.29) is 11.9 Å². The highest BCUT2D eigenvalue weighted by Crippen LogP contribution is 2.63. The van der Waals surface area contributed by atoms with E-state index in [1.165, 1.54) is 0 Å². The number of aliphatic hydroxyl groups is 1. The third-order valence-electron chi connectivity index (χ3n) is 8.08. The van der Waals surface area contributed by atoms with Crippen LogP contribution in [0.3, 0.4) is 0 Å². The molecular weight excluding hydrogens is 382 g/mol. The van der Waals surface area contributed by atoms with Crippen LogP contribution in [0.25, 0.3) is 4.85 Å². The third-order valence-corrected chi connectivity index (χ3v) is 8.08. The molecule has 1 aliphatic heterocycles. The molecule has 6 aliphatic rings. The van der Waals surface area contributed by atoms with Crippen molar-refractivity contribution in [2.24, 2.45) is 23.2 Å². The average Bonchev–Trinajstić information content (AvgIpc) is 3.25. The van der Waals surface area contributed by atoms with Gasteiger partial charge in [0.1, 0.15) is 11.6 Å².